The summed E-state index contributed by atoms with van der Waals surface area (Å²) in [4.78, 5) is 16.9. The molecule has 0 saturated heterocycles. The summed E-state index contributed by atoms with van der Waals surface area (Å²) in [5.41, 5.74) is 8.00. The van der Waals surface area contributed by atoms with Crippen molar-refractivity contribution in [1.29, 1.82) is 0 Å². The standard InChI is InChI=1S/C15H18N2O2S/c1-3-7-11-13(15(18)19-2)20-14(17-11)12(16)10-8-5-4-6-9-10/h4-6,8-9,12H,3,7,16H2,1-2H3. The van der Waals surface area contributed by atoms with Crippen LogP contribution in [0.25, 0.3) is 0 Å². The van der Waals surface area contributed by atoms with E-state index in [9.17, 15) is 4.79 Å². The summed E-state index contributed by atoms with van der Waals surface area (Å²) >= 11 is 1.32. The molecule has 0 amide bonds. The fraction of sp³-hybridized carbons (Fsp3) is 0.333. The summed E-state index contributed by atoms with van der Waals surface area (Å²) in [5, 5.41) is 0.750. The molecule has 1 unspecified atom stereocenters. The SMILES string of the molecule is CCCc1nc(C(N)c2ccccc2)sc1C(=O)OC. The Morgan fingerprint density at radius 1 is 1.40 bits per heavy atom. The summed E-state index contributed by atoms with van der Waals surface area (Å²) in [5.74, 6) is -0.336. The van der Waals surface area contributed by atoms with Crippen molar-refractivity contribution >= 4 is 17.3 Å². The van der Waals surface area contributed by atoms with Crippen molar-refractivity contribution in [3.63, 3.8) is 0 Å². The molecule has 0 radical (unpaired) electrons. The first-order chi connectivity index (χ1) is 9.67. The zero-order valence-electron chi connectivity index (χ0n) is 11.6. The summed E-state index contributed by atoms with van der Waals surface area (Å²) in [6.45, 7) is 2.05. The molecule has 0 aliphatic heterocycles. The number of methoxy groups -OCH3 is 1. The highest BCUT2D eigenvalue weighted by Crippen LogP contribution is 2.28. The number of nitrogens with two attached hydrogens (primary N) is 1. The topological polar surface area (TPSA) is 65.2 Å². The molecule has 0 spiro atoms. The number of ether oxygens (including phenoxy) is 1. The molecule has 0 aliphatic rings. The van der Waals surface area contributed by atoms with Crippen LogP contribution in [-0.4, -0.2) is 18.1 Å². The van der Waals surface area contributed by atoms with Gasteiger partial charge in [0.25, 0.3) is 0 Å². The average molecular weight is 290 g/mol. The van der Waals surface area contributed by atoms with Crippen LogP contribution in [0.3, 0.4) is 0 Å². The van der Waals surface area contributed by atoms with E-state index in [0.29, 0.717) is 4.88 Å². The van der Waals surface area contributed by atoms with Gasteiger partial charge >= 0.3 is 5.97 Å². The highest BCUT2D eigenvalue weighted by atomic mass is 32.1. The molecule has 20 heavy (non-hydrogen) atoms. The Bertz CT molecular complexity index is 581. The lowest BCUT2D eigenvalue weighted by atomic mass is 10.1. The lowest BCUT2D eigenvalue weighted by Gasteiger charge is -2.07. The number of hydrogen-bond donors (Lipinski definition) is 1. The monoisotopic (exact) mass is 290 g/mol. The molecule has 1 aromatic carbocycles. The van der Waals surface area contributed by atoms with E-state index >= 15 is 0 Å². The van der Waals surface area contributed by atoms with Crippen molar-refractivity contribution in [3.05, 3.63) is 51.5 Å². The van der Waals surface area contributed by atoms with Gasteiger partial charge in [-0.05, 0) is 12.0 Å². The number of hydrogen-bond acceptors (Lipinski definition) is 5. The van der Waals surface area contributed by atoms with E-state index in [1.807, 2.05) is 30.3 Å². The van der Waals surface area contributed by atoms with Gasteiger partial charge in [-0.1, -0.05) is 43.7 Å². The van der Waals surface area contributed by atoms with E-state index < -0.39 is 0 Å². The molecular weight excluding hydrogens is 272 g/mol. The number of nitrogens with zero attached hydrogens (tertiary/aromatic N) is 1. The van der Waals surface area contributed by atoms with Gasteiger partial charge < -0.3 is 10.5 Å². The molecule has 2 rings (SSSR count). The maximum Gasteiger partial charge on any atom is 0.349 e. The third-order valence-electron chi connectivity index (χ3n) is 3.00. The van der Waals surface area contributed by atoms with Gasteiger partial charge in [0.05, 0.1) is 18.8 Å². The second-order valence-corrected chi connectivity index (χ2v) is 5.49. The van der Waals surface area contributed by atoms with Crippen molar-refractivity contribution in [3.8, 4) is 0 Å². The van der Waals surface area contributed by atoms with Crippen LogP contribution in [0, 0.1) is 0 Å². The van der Waals surface area contributed by atoms with Crippen LogP contribution >= 0.6 is 11.3 Å². The molecule has 106 valence electrons. The van der Waals surface area contributed by atoms with Gasteiger partial charge in [-0.3, -0.25) is 0 Å². The summed E-state index contributed by atoms with van der Waals surface area (Å²) in [6.07, 6.45) is 1.68. The normalized spacial score (nSPS) is 12.2. The lowest BCUT2D eigenvalue weighted by Crippen LogP contribution is -2.11. The fourth-order valence-corrected chi connectivity index (χ4v) is 3.02. The number of aromatic nitrogens is 1. The van der Waals surface area contributed by atoms with E-state index in [0.717, 1.165) is 29.1 Å². The zero-order chi connectivity index (χ0) is 14.5. The summed E-state index contributed by atoms with van der Waals surface area (Å²) in [7, 11) is 1.38. The third-order valence-corrected chi connectivity index (χ3v) is 4.16. The summed E-state index contributed by atoms with van der Waals surface area (Å²) in [6, 6.07) is 9.44. The van der Waals surface area contributed by atoms with Crippen LogP contribution in [0.2, 0.25) is 0 Å². The highest BCUT2D eigenvalue weighted by Gasteiger charge is 2.21. The number of carbonyl (C=O) groups is 1. The van der Waals surface area contributed by atoms with E-state index in [1.165, 1.54) is 18.4 Å². The Balaban J connectivity index is 2.35. The number of thiazole rings is 1. The van der Waals surface area contributed by atoms with Crippen LogP contribution in [-0.2, 0) is 11.2 Å². The second kappa shape index (κ2) is 6.63. The number of benzene rings is 1. The third kappa shape index (κ3) is 3.05. The van der Waals surface area contributed by atoms with Crippen molar-refractivity contribution < 1.29 is 9.53 Å². The smallest absolute Gasteiger partial charge is 0.349 e. The molecule has 0 fully saturated rings. The second-order valence-electron chi connectivity index (χ2n) is 4.46. The molecule has 1 atom stereocenters. The summed E-state index contributed by atoms with van der Waals surface area (Å²) < 4.78 is 4.81. The van der Waals surface area contributed by atoms with Crippen molar-refractivity contribution in [1.82, 2.24) is 4.98 Å². The van der Waals surface area contributed by atoms with Gasteiger partial charge in [0.15, 0.2) is 0 Å². The molecule has 2 aromatic rings. The predicted molar refractivity (Wildman–Crippen MR) is 79.9 cm³/mol. The van der Waals surface area contributed by atoms with Gasteiger partial charge in [-0.2, -0.15) is 0 Å². The highest BCUT2D eigenvalue weighted by molar-refractivity contribution is 7.13. The van der Waals surface area contributed by atoms with Crippen LogP contribution in [0.4, 0.5) is 0 Å². The predicted octanol–water partition coefficient (Wildman–Crippen LogP) is 2.93. The van der Waals surface area contributed by atoms with Gasteiger partial charge in [-0.25, -0.2) is 9.78 Å². The minimum atomic E-state index is -0.336. The van der Waals surface area contributed by atoms with Gasteiger partial charge in [0, 0.05) is 0 Å². The molecular formula is C15H18N2O2S. The number of carbonyl (C=O) groups excluding carboxylic acids is 1. The molecule has 2 N–H and O–H groups in total. The van der Waals surface area contributed by atoms with Crippen molar-refractivity contribution in [2.24, 2.45) is 5.73 Å². The van der Waals surface area contributed by atoms with Gasteiger partial charge in [0.1, 0.15) is 9.88 Å². The molecule has 1 heterocycles. The van der Waals surface area contributed by atoms with Crippen LogP contribution < -0.4 is 5.73 Å². The number of aryl methyl sites for hydroxylation is 1. The Kier molecular flexibility index (Phi) is 4.87. The maximum absolute atomic E-state index is 11.8. The molecule has 4 nitrogen and oxygen atoms in total. The van der Waals surface area contributed by atoms with Gasteiger partial charge in [-0.15, -0.1) is 11.3 Å². The van der Waals surface area contributed by atoms with E-state index in [1.54, 1.807) is 0 Å². The Morgan fingerprint density at radius 2 is 2.10 bits per heavy atom. The molecule has 0 saturated carbocycles. The number of esters is 1. The molecule has 0 bridgehead atoms. The Labute approximate surface area is 122 Å². The van der Waals surface area contributed by atoms with E-state index in [-0.39, 0.29) is 12.0 Å². The maximum atomic E-state index is 11.8. The quantitative estimate of drug-likeness (QED) is 0.860. The molecule has 5 heteroatoms. The minimum absolute atomic E-state index is 0.310. The van der Waals surface area contributed by atoms with Gasteiger partial charge in [0.2, 0.25) is 0 Å². The van der Waals surface area contributed by atoms with E-state index in [4.69, 9.17) is 10.5 Å². The first-order valence-corrected chi connectivity index (χ1v) is 7.37. The zero-order valence-corrected chi connectivity index (χ0v) is 12.4. The largest absolute Gasteiger partial charge is 0.465 e. The average Bonchev–Trinajstić information content (AvgIpc) is 2.91. The first kappa shape index (κ1) is 14.7. The van der Waals surface area contributed by atoms with Crippen LogP contribution in [0.15, 0.2) is 30.3 Å². The van der Waals surface area contributed by atoms with Crippen molar-refractivity contribution in [2.45, 2.75) is 25.8 Å². The molecule has 1 aromatic heterocycles. The Morgan fingerprint density at radius 3 is 2.70 bits per heavy atom. The van der Waals surface area contributed by atoms with Crippen LogP contribution in [0.1, 0.15) is 45.3 Å². The van der Waals surface area contributed by atoms with Crippen molar-refractivity contribution in [2.75, 3.05) is 7.11 Å². The lowest BCUT2D eigenvalue weighted by molar-refractivity contribution is 0.0605. The van der Waals surface area contributed by atoms with E-state index in [2.05, 4.69) is 11.9 Å². The molecule has 0 aliphatic carbocycles. The Hall–Kier alpha value is -1.72. The first-order valence-electron chi connectivity index (χ1n) is 6.55. The number of rotatable bonds is 5. The van der Waals surface area contributed by atoms with Crippen LogP contribution in [0.5, 0.6) is 0 Å². The fourth-order valence-electron chi connectivity index (χ4n) is 1.96. The minimum Gasteiger partial charge on any atom is -0.465 e.